The average molecular weight is 257 g/mol. The van der Waals surface area contributed by atoms with Crippen molar-refractivity contribution in [1.29, 1.82) is 0 Å². The SMILES string of the molecule is CNCC(=O)NCCOc1ccc(Cl)c(C)c1. The summed E-state index contributed by atoms with van der Waals surface area (Å²) in [6.07, 6.45) is 0. The first-order chi connectivity index (χ1) is 8.13. The zero-order chi connectivity index (χ0) is 12.7. The van der Waals surface area contributed by atoms with E-state index < -0.39 is 0 Å². The van der Waals surface area contributed by atoms with Gasteiger partial charge < -0.3 is 15.4 Å². The van der Waals surface area contributed by atoms with Crippen LogP contribution < -0.4 is 15.4 Å². The Labute approximate surface area is 106 Å². The maximum Gasteiger partial charge on any atom is 0.234 e. The van der Waals surface area contributed by atoms with E-state index in [-0.39, 0.29) is 5.91 Å². The van der Waals surface area contributed by atoms with Crippen molar-refractivity contribution >= 4 is 17.5 Å². The highest BCUT2D eigenvalue weighted by Gasteiger charge is 2.00. The summed E-state index contributed by atoms with van der Waals surface area (Å²) in [6, 6.07) is 5.48. The molecule has 0 fully saturated rings. The van der Waals surface area contributed by atoms with Crippen molar-refractivity contribution < 1.29 is 9.53 Å². The monoisotopic (exact) mass is 256 g/mol. The number of hydrogen-bond acceptors (Lipinski definition) is 3. The first kappa shape index (κ1) is 13.8. The van der Waals surface area contributed by atoms with Crippen LogP contribution in [0.25, 0.3) is 0 Å². The molecule has 0 saturated carbocycles. The quantitative estimate of drug-likeness (QED) is 0.756. The van der Waals surface area contributed by atoms with Crippen LogP contribution >= 0.6 is 11.6 Å². The van der Waals surface area contributed by atoms with E-state index in [4.69, 9.17) is 16.3 Å². The van der Waals surface area contributed by atoms with E-state index >= 15 is 0 Å². The number of aryl methyl sites for hydroxylation is 1. The van der Waals surface area contributed by atoms with Crippen LogP contribution in [0.3, 0.4) is 0 Å². The number of carbonyl (C=O) groups excluding carboxylic acids is 1. The summed E-state index contributed by atoms with van der Waals surface area (Å²) >= 11 is 5.90. The van der Waals surface area contributed by atoms with Crippen molar-refractivity contribution in [3.63, 3.8) is 0 Å². The van der Waals surface area contributed by atoms with Gasteiger partial charge in [-0.3, -0.25) is 4.79 Å². The lowest BCUT2D eigenvalue weighted by Gasteiger charge is -2.08. The van der Waals surface area contributed by atoms with E-state index in [1.807, 2.05) is 19.1 Å². The highest BCUT2D eigenvalue weighted by molar-refractivity contribution is 6.31. The number of likely N-dealkylation sites (N-methyl/N-ethyl adjacent to an activating group) is 1. The van der Waals surface area contributed by atoms with Gasteiger partial charge in [0.05, 0.1) is 13.1 Å². The second kappa shape index (κ2) is 7.14. The van der Waals surface area contributed by atoms with Gasteiger partial charge in [0.2, 0.25) is 5.91 Å². The first-order valence-electron chi connectivity index (χ1n) is 5.43. The molecular formula is C12H17ClN2O2. The number of rotatable bonds is 6. The molecule has 4 nitrogen and oxygen atoms in total. The first-order valence-corrected chi connectivity index (χ1v) is 5.81. The van der Waals surface area contributed by atoms with Gasteiger partial charge in [0.15, 0.2) is 0 Å². The molecular weight excluding hydrogens is 240 g/mol. The number of amides is 1. The molecule has 0 aromatic heterocycles. The van der Waals surface area contributed by atoms with Crippen LogP contribution in [-0.2, 0) is 4.79 Å². The Morgan fingerprint density at radius 2 is 2.24 bits per heavy atom. The van der Waals surface area contributed by atoms with Gasteiger partial charge in [-0.1, -0.05) is 11.6 Å². The number of halogens is 1. The summed E-state index contributed by atoms with van der Waals surface area (Å²) in [5.74, 6) is 0.721. The standard InChI is InChI=1S/C12H17ClN2O2/c1-9-7-10(3-4-11(9)13)17-6-5-15-12(16)8-14-2/h3-4,7,14H,5-6,8H2,1-2H3,(H,15,16). The van der Waals surface area contributed by atoms with E-state index in [1.54, 1.807) is 13.1 Å². The fourth-order valence-electron chi connectivity index (χ4n) is 1.29. The molecule has 2 N–H and O–H groups in total. The second-order valence-corrected chi connectivity index (χ2v) is 4.05. The number of benzene rings is 1. The van der Waals surface area contributed by atoms with E-state index in [2.05, 4.69) is 10.6 Å². The van der Waals surface area contributed by atoms with Crippen LogP contribution in [-0.4, -0.2) is 32.7 Å². The third-order valence-electron chi connectivity index (χ3n) is 2.16. The molecule has 1 amide bonds. The van der Waals surface area contributed by atoms with Crippen molar-refractivity contribution in [2.24, 2.45) is 0 Å². The van der Waals surface area contributed by atoms with Crippen LogP contribution in [0, 0.1) is 6.92 Å². The van der Waals surface area contributed by atoms with Gasteiger partial charge in [-0.2, -0.15) is 0 Å². The van der Waals surface area contributed by atoms with Crippen molar-refractivity contribution in [2.45, 2.75) is 6.92 Å². The third-order valence-corrected chi connectivity index (χ3v) is 2.58. The Morgan fingerprint density at radius 3 is 2.88 bits per heavy atom. The molecule has 0 aliphatic rings. The molecule has 0 radical (unpaired) electrons. The second-order valence-electron chi connectivity index (χ2n) is 3.64. The predicted octanol–water partition coefficient (Wildman–Crippen LogP) is 1.36. The predicted molar refractivity (Wildman–Crippen MR) is 68.6 cm³/mol. The largest absolute Gasteiger partial charge is 0.492 e. The summed E-state index contributed by atoms with van der Waals surface area (Å²) in [4.78, 5) is 11.1. The fourth-order valence-corrected chi connectivity index (χ4v) is 1.41. The molecule has 0 bridgehead atoms. The van der Waals surface area contributed by atoms with E-state index in [9.17, 15) is 4.79 Å². The molecule has 0 aliphatic carbocycles. The molecule has 0 unspecified atom stereocenters. The van der Waals surface area contributed by atoms with Crippen molar-refractivity contribution in [2.75, 3.05) is 26.7 Å². The Bertz CT molecular complexity index is 383. The number of hydrogen-bond donors (Lipinski definition) is 2. The highest BCUT2D eigenvalue weighted by Crippen LogP contribution is 2.20. The zero-order valence-electron chi connectivity index (χ0n) is 10.0. The molecule has 0 saturated heterocycles. The third kappa shape index (κ3) is 5.06. The Morgan fingerprint density at radius 1 is 1.47 bits per heavy atom. The van der Waals surface area contributed by atoms with Crippen molar-refractivity contribution in [3.8, 4) is 5.75 Å². The molecule has 94 valence electrons. The summed E-state index contributed by atoms with van der Waals surface area (Å²) in [5, 5.41) is 6.22. The lowest BCUT2D eigenvalue weighted by Crippen LogP contribution is -2.34. The summed E-state index contributed by atoms with van der Waals surface area (Å²) < 4.78 is 5.48. The lowest BCUT2D eigenvalue weighted by molar-refractivity contribution is -0.120. The van der Waals surface area contributed by atoms with Gasteiger partial charge in [-0.15, -0.1) is 0 Å². The summed E-state index contributed by atoms with van der Waals surface area (Å²) in [5.41, 5.74) is 0.975. The molecule has 0 spiro atoms. The molecule has 0 atom stereocenters. The zero-order valence-corrected chi connectivity index (χ0v) is 10.8. The van der Waals surface area contributed by atoms with Gasteiger partial charge >= 0.3 is 0 Å². The van der Waals surface area contributed by atoms with Gasteiger partial charge in [0, 0.05) is 5.02 Å². The van der Waals surface area contributed by atoms with Gasteiger partial charge in [-0.05, 0) is 37.7 Å². The van der Waals surface area contributed by atoms with Crippen LogP contribution in [0.2, 0.25) is 5.02 Å². The van der Waals surface area contributed by atoms with Gasteiger partial charge in [-0.25, -0.2) is 0 Å². The topological polar surface area (TPSA) is 50.4 Å². The molecule has 1 rings (SSSR count). The average Bonchev–Trinajstić information content (AvgIpc) is 2.29. The lowest BCUT2D eigenvalue weighted by atomic mass is 10.2. The summed E-state index contributed by atoms with van der Waals surface area (Å²) in [6.45, 7) is 3.17. The van der Waals surface area contributed by atoms with Gasteiger partial charge in [0.25, 0.3) is 0 Å². The number of carbonyl (C=O) groups is 1. The Kier molecular flexibility index (Phi) is 5.80. The number of ether oxygens (including phenoxy) is 1. The van der Waals surface area contributed by atoms with Crippen LogP contribution in [0.4, 0.5) is 0 Å². The minimum absolute atomic E-state index is 0.0385. The normalized spacial score (nSPS) is 10.1. The minimum Gasteiger partial charge on any atom is -0.492 e. The molecule has 0 aliphatic heterocycles. The van der Waals surface area contributed by atoms with E-state index in [0.717, 1.165) is 16.3 Å². The molecule has 17 heavy (non-hydrogen) atoms. The minimum atomic E-state index is -0.0385. The smallest absolute Gasteiger partial charge is 0.234 e. The van der Waals surface area contributed by atoms with E-state index in [1.165, 1.54) is 0 Å². The Balaban J connectivity index is 2.26. The van der Waals surface area contributed by atoms with Crippen LogP contribution in [0.5, 0.6) is 5.75 Å². The van der Waals surface area contributed by atoms with Crippen molar-refractivity contribution in [3.05, 3.63) is 28.8 Å². The highest BCUT2D eigenvalue weighted by atomic mass is 35.5. The maximum atomic E-state index is 11.1. The molecule has 1 aromatic rings. The fraction of sp³-hybridized carbons (Fsp3) is 0.417. The van der Waals surface area contributed by atoms with Crippen LogP contribution in [0.15, 0.2) is 18.2 Å². The Hall–Kier alpha value is -1.26. The van der Waals surface area contributed by atoms with Gasteiger partial charge in [0.1, 0.15) is 12.4 Å². The molecule has 0 heterocycles. The van der Waals surface area contributed by atoms with Crippen molar-refractivity contribution in [1.82, 2.24) is 10.6 Å². The maximum absolute atomic E-state index is 11.1. The van der Waals surface area contributed by atoms with Crippen LogP contribution in [0.1, 0.15) is 5.56 Å². The number of nitrogens with one attached hydrogen (secondary N) is 2. The molecule has 1 aromatic carbocycles. The molecule has 5 heteroatoms. The summed E-state index contributed by atoms with van der Waals surface area (Å²) in [7, 11) is 1.73. The van der Waals surface area contributed by atoms with E-state index in [0.29, 0.717) is 19.7 Å².